The van der Waals surface area contributed by atoms with E-state index in [1.165, 1.54) is 0 Å². The van der Waals surface area contributed by atoms with Gasteiger partial charge in [0.25, 0.3) is 0 Å². The largest absolute Gasteiger partial charge is 0.497 e. The number of para-hydroxylation sites is 1. The van der Waals surface area contributed by atoms with Gasteiger partial charge in [-0.3, -0.25) is 0 Å². The Bertz CT molecular complexity index is 1030. The Morgan fingerprint density at radius 2 is 1.39 bits per heavy atom. The zero-order valence-corrected chi connectivity index (χ0v) is 22.2. The molecule has 33 heavy (non-hydrogen) atoms. The molecular weight excluding hydrogens is 545 g/mol. The van der Waals surface area contributed by atoms with E-state index in [1.54, 1.807) is 32.0 Å². The number of hydrogen-bond acceptors (Lipinski definition) is 5. The lowest BCUT2D eigenvalue weighted by molar-refractivity contribution is 0.405. The number of amidine groups is 1. The normalized spacial score (nSPS) is 10.7. The highest BCUT2D eigenvalue weighted by Crippen LogP contribution is 2.25. The van der Waals surface area contributed by atoms with Crippen molar-refractivity contribution in [2.75, 3.05) is 20.0 Å². The number of aliphatic imine (C=N–C) groups is 1. The number of rotatable bonds is 8. The molecule has 0 spiro atoms. The number of ether oxygens (including phenoxy) is 2. The molecular formula is C26H28IN3O2S. The molecule has 0 N–H and O–H groups in total. The van der Waals surface area contributed by atoms with E-state index in [9.17, 15) is 5.26 Å². The molecule has 172 valence electrons. The maximum absolute atomic E-state index is 9.51. The quantitative estimate of drug-likeness (QED) is 0.172. The van der Waals surface area contributed by atoms with Crippen LogP contribution >= 0.6 is 35.7 Å². The number of thioether (sulfide) groups is 1. The van der Waals surface area contributed by atoms with Gasteiger partial charge in [-0.15, -0.1) is 24.0 Å². The van der Waals surface area contributed by atoms with Gasteiger partial charge in [0, 0.05) is 13.1 Å². The highest BCUT2D eigenvalue weighted by molar-refractivity contribution is 14.0. The van der Waals surface area contributed by atoms with Crippen LogP contribution in [0.2, 0.25) is 0 Å². The van der Waals surface area contributed by atoms with E-state index in [2.05, 4.69) is 42.2 Å². The number of nitrogens with zero attached hydrogens (tertiary/aromatic N) is 3. The molecule has 0 aliphatic heterocycles. The molecule has 0 amide bonds. The maximum Gasteiger partial charge on any atom is 0.165 e. The van der Waals surface area contributed by atoms with Crippen molar-refractivity contribution in [1.82, 2.24) is 4.90 Å². The molecule has 0 radical (unpaired) electrons. The van der Waals surface area contributed by atoms with Gasteiger partial charge in [-0.2, -0.15) is 5.26 Å². The Labute approximate surface area is 217 Å². The summed E-state index contributed by atoms with van der Waals surface area (Å²) in [6, 6.07) is 25.8. The van der Waals surface area contributed by atoms with E-state index in [0.29, 0.717) is 24.3 Å². The highest BCUT2D eigenvalue weighted by Gasteiger charge is 2.15. The summed E-state index contributed by atoms with van der Waals surface area (Å²) < 4.78 is 10.6. The second-order valence-corrected chi connectivity index (χ2v) is 8.24. The van der Waals surface area contributed by atoms with Crippen LogP contribution < -0.4 is 9.47 Å². The standard InChI is InChI=1S/C26H27N3O2S.HI/c1-4-32-26(28-25-8-6-5-7-22(25)17-27)29(18-20-9-13-23(30-2)14-10-20)19-21-11-15-24(31-3)16-12-21;/h5-16H,4,18-19H2,1-3H3;1H. The van der Waals surface area contributed by atoms with Gasteiger partial charge in [0.1, 0.15) is 17.6 Å². The fourth-order valence-corrected chi connectivity index (χ4v) is 3.92. The maximum atomic E-state index is 9.51. The van der Waals surface area contributed by atoms with Gasteiger partial charge >= 0.3 is 0 Å². The third kappa shape index (κ3) is 7.69. The van der Waals surface area contributed by atoms with Crippen LogP contribution in [-0.4, -0.2) is 30.0 Å². The van der Waals surface area contributed by atoms with Crippen LogP contribution in [0, 0.1) is 11.3 Å². The van der Waals surface area contributed by atoms with Gasteiger partial charge in [0.05, 0.1) is 25.5 Å². The van der Waals surface area contributed by atoms with Gasteiger partial charge in [-0.1, -0.05) is 55.1 Å². The predicted octanol–water partition coefficient (Wildman–Crippen LogP) is 6.64. The molecule has 0 aliphatic carbocycles. The van der Waals surface area contributed by atoms with Gasteiger partial charge in [0.15, 0.2) is 5.17 Å². The van der Waals surface area contributed by atoms with Crippen LogP contribution in [0.1, 0.15) is 23.6 Å². The molecule has 3 rings (SSSR count). The summed E-state index contributed by atoms with van der Waals surface area (Å²) in [6.45, 7) is 3.46. The predicted molar refractivity (Wildman–Crippen MR) is 147 cm³/mol. The van der Waals surface area contributed by atoms with Crippen molar-refractivity contribution in [2.45, 2.75) is 20.0 Å². The summed E-state index contributed by atoms with van der Waals surface area (Å²) >= 11 is 1.67. The van der Waals surface area contributed by atoms with Gasteiger partial charge in [-0.05, 0) is 53.3 Å². The van der Waals surface area contributed by atoms with Crippen molar-refractivity contribution in [2.24, 2.45) is 4.99 Å². The second-order valence-electron chi connectivity index (χ2n) is 7.01. The minimum atomic E-state index is 0. The summed E-state index contributed by atoms with van der Waals surface area (Å²) in [7, 11) is 3.33. The summed E-state index contributed by atoms with van der Waals surface area (Å²) in [4.78, 5) is 7.15. The Morgan fingerprint density at radius 1 is 0.879 bits per heavy atom. The summed E-state index contributed by atoms with van der Waals surface area (Å²) in [6.07, 6.45) is 0. The minimum Gasteiger partial charge on any atom is -0.497 e. The average Bonchev–Trinajstić information content (AvgIpc) is 2.84. The Hall–Kier alpha value is -2.70. The molecule has 0 aliphatic rings. The molecule has 0 saturated heterocycles. The Balaban J connectivity index is 0.00000385. The van der Waals surface area contributed by atoms with Gasteiger partial charge < -0.3 is 14.4 Å². The average molecular weight is 574 g/mol. The molecule has 5 nitrogen and oxygen atoms in total. The minimum absolute atomic E-state index is 0. The first-order chi connectivity index (χ1) is 15.7. The van der Waals surface area contributed by atoms with Crippen molar-refractivity contribution in [3.8, 4) is 17.6 Å². The van der Waals surface area contributed by atoms with Crippen molar-refractivity contribution in [1.29, 1.82) is 5.26 Å². The van der Waals surface area contributed by atoms with Crippen LogP contribution in [0.5, 0.6) is 11.5 Å². The first kappa shape index (κ1) is 26.6. The molecule has 0 fully saturated rings. The SMILES string of the molecule is CCSC(=Nc1ccccc1C#N)N(Cc1ccc(OC)cc1)Cc1ccc(OC)cc1.I. The highest BCUT2D eigenvalue weighted by atomic mass is 127. The summed E-state index contributed by atoms with van der Waals surface area (Å²) in [5.41, 5.74) is 3.55. The number of halogens is 1. The lowest BCUT2D eigenvalue weighted by Crippen LogP contribution is -2.28. The van der Waals surface area contributed by atoms with E-state index in [4.69, 9.17) is 14.5 Å². The first-order valence-electron chi connectivity index (χ1n) is 10.4. The fourth-order valence-electron chi connectivity index (χ4n) is 3.19. The van der Waals surface area contributed by atoms with Gasteiger partial charge in [0.2, 0.25) is 0 Å². The number of nitriles is 1. The molecule has 0 heterocycles. The van der Waals surface area contributed by atoms with E-state index in [1.807, 2.05) is 42.5 Å². The van der Waals surface area contributed by atoms with E-state index >= 15 is 0 Å². The summed E-state index contributed by atoms with van der Waals surface area (Å²) in [5.74, 6) is 2.53. The fraction of sp³-hybridized carbons (Fsp3) is 0.231. The van der Waals surface area contributed by atoms with Crippen molar-refractivity contribution >= 4 is 46.6 Å². The molecule has 0 bridgehead atoms. The van der Waals surface area contributed by atoms with E-state index in [-0.39, 0.29) is 24.0 Å². The third-order valence-electron chi connectivity index (χ3n) is 4.85. The Morgan fingerprint density at radius 3 is 1.85 bits per heavy atom. The smallest absolute Gasteiger partial charge is 0.165 e. The molecule has 7 heteroatoms. The van der Waals surface area contributed by atoms with E-state index < -0.39 is 0 Å². The van der Waals surface area contributed by atoms with Crippen LogP contribution in [0.4, 0.5) is 5.69 Å². The van der Waals surface area contributed by atoms with E-state index in [0.717, 1.165) is 33.5 Å². The van der Waals surface area contributed by atoms with Crippen LogP contribution in [0.15, 0.2) is 77.8 Å². The van der Waals surface area contributed by atoms with Crippen LogP contribution in [0.3, 0.4) is 0 Å². The monoisotopic (exact) mass is 573 g/mol. The lowest BCUT2D eigenvalue weighted by Gasteiger charge is -2.26. The molecule has 3 aromatic carbocycles. The van der Waals surface area contributed by atoms with Crippen molar-refractivity contribution in [3.05, 3.63) is 89.5 Å². The third-order valence-corrected chi connectivity index (χ3v) is 5.75. The Kier molecular flexibility index (Phi) is 11.1. The molecule has 0 unspecified atom stereocenters. The van der Waals surface area contributed by atoms with Crippen LogP contribution in [0.25, 0.3) is 0 Å². The van der Waals surface area contributed by atoms with Gasteiger partial charge in [-0.25, -0.2) is 4.99 Å². The number of benzene rings is 3. The molecule has 0 saturated carbocycles. The number of methoxy groups -OCH3 is 2. The molecule has 0 atom stereocenters. The zero-order valence-electron chi connectivity index (χ0n) is 19.0. The zero-order chi connectivity index (χ0) is 22.8. The first-order valence-corrected chi connectivity index (χ1v) is 11.4. The number of hydrogen-bond donors (Lipinski definition) is 0. The second kappa shape index (κ2) is 13.8. The van der Waals surface area contributed by atoms with Crippen molar-refractivity contribution < 1.29 is 9.47 Å². The molecule has 0 aromatic heterocycles. The topological polar surface area (TPSA) is 57.9 Å². The van der Waals surface area contributed by atoms with Crippen LogP contribution in [-0.2, 0) is 13.1 Å². The summed E-state index contributed by atoms with van der Waals surface area (Å²) in [5, 5.41) is 10.4. The van der Waals surface area contributed by atoms with Crippen molar-refractivity contribution in [3.63, 3.8) is 0 Å². The molecule has 3 aromatic rings. The lowest BCUT2D eigenvalue weighted by atomic mass is 10.1.